The number of nitrogens with one attached hydrogen (secondary N) is 2. The lowest BCUT2D eigenvalue weighted by atomic mass is 10.2. The minimum absolute atomic E-state index is 0.0972. The van der Waals surface area contributed by atoms with Crippen molar-refractivity contribution in [3.63, 3.8) is 0 Å². The molecule has 80 valence electrons. The van der Waals surface area contributed by atoms with Gasteiger partial charge in [-0.3, -0.25) is 4.79 Å². The van der Waals surface area contributed by atoms with Crippen LogP contribution in [-0.4, -0.2) is 18.7 Å². The highest BCUT2D eigenvalue weighted by Gasteiger charge is 2.02. The van der Waals surface area contributed by atoms with Crippen molar-refractivity contribution in [3.8, 4) is 0 Å². The lowest BCUT2D eigenvalue weighted by Crippen LogP contribution is -2.24. The Morgan fingerprint density at radius 1 is 1.40 bits per heavy atom. The summed E-state index contributed by atoms with van der Waals surface area (Å²) < 4.78 is 0. The highest BCUT2D eigenvalue weighted by molar-refractivity contribution is 5.94. The quantitative estimate of drug-likeness (QED) is 0.386. The molecule has 0 unspecified atom stereocenters. The summed E-state index contributed by atoms with van der Waals surface area (Å²) in [7, 11) is 0. The van der Waals surface area contributed by atoms with E-state index in [-0.39, 0.29) is 5.91 Å². The lowest BCUT2D eigenvalue weighted by molar-refractivity contribution is 0.0953. The number of hydrogen-bond acceptors (Lipinski definition) is 3. The fourth-order valence-corrected chi connectivity index (χ4v) is 1.14. The van der Waals surface area contributed by atoms with Gasteiger partial charge in [0.05, 0.1) is 0 Å². The Morgan fingerprint density at radius 3 is 2.67 bits per heavy atom. The van der Waals surface area contributed by atoms with Gasteiger partial charge in [0.15, 0.2) is 0 Å². The minimum atomic E-state index is -0.0972. The highest BCUT2D eigenvalue weighted by Crippen LogP contribution is 2.04. The van der Waals surface area contributed by atoms with Gasteiger partial charge < -0.3 is 16.5 Å². The molecule has 0 fully saturated rings. The van der Waals surface area contributed by atoms with Gasteiger partial charge in [0, 0.05) is 17.8 Å². The van der Waals surface area contributed by atoms with E-state index in [0.717, 1.165) is 6.42 Å². The first-order valence-corrected chi connectivity index (χ1v) is 4.86. The summed E-state index contributed by atoms with van der Waals surface area (Å²) in [5, 5.41) is 9.59. The van der Waals surface area contributed by atoms with Crippen molar-refractivity contribution < 1.29 is 4.79 Å². The number of unbranched alkanes of at least 4 members (excludes halogenated alkanes) is 1. The number of rotatable bonds is 5. The summed E-state index contributed by atoms with van der Waals surface area (Å²) >= 11 is 0. The van der Waals surface area contributed by atoms with Crippen LogP contribution in [0.1, 0.15) is 23.2 Å². The van der Waals surface area contributed by atoms with Crippen molar-refractivity contribution in [3.05, 3.63) is 29.8 Å². The van der Waals surface area contributed by atoms with E-state index in [4.69, 9.17) is 11.1 Å². The van der Waals surface area contributed by atoms with E-state index < -0.39 is 0 Å². The third-order valence-electron chi connectivity index (χ3n) is 1.98. The number of benzene rings is 1. The molecule has 0 heterocycles. The predicted molar refractivity (Wildman–Crippen MR) is 61.2 cm³/mol. The number of nitrogen functional groups attached to an aromatic ring is 1. The van der Waals surface area contributed by atoms with Crippen molar-refractivity contribution in [2.24, 2.45) is 0 Å². The van der Waals surface area contributed by atoms with Crippen LogP contribution >= 0.6 is 0 Å². The smallest absolute Gasteiger partial charge is 0.251 e. The molecule has 0 aromatic heterocycles. The molecule has 0 saturated heterocycles. The van der Waals surface area contributed by atoms with E-state index in [0.29, 0.717) is 24.2 Å². The van der Waals surface area contributed by atoms with Crippen molar-refractivity contribution >= 4 is 17.8 Å². The average molecular weight is 205 g/mol. The van der Waals surface area contributed by atoms with E-state index in [1.807, 2.05) is 0 Å². The average Bonchev–Trinajstić information content (AvgIpc) is 2.25. The molecule has 0 saturated carbocycles. The zero-order chi connectivity index (χ0) is 11.1. The first-order valence-electron chi connectivity index (χ1n) is 4.86. The minimum Gasteiger partial charge on any atom is -0.399 e. The largest absolute Gasteiger partial charge is 0.399 e. The van der Waals surface area contributed by atoms with Crippen molar-refractivity contribution in [2.45, 2.75) is 12.8 Å². The summed E-state index contributed by atoms with van der Waals surface area (Å²) in [6.07, 6.45) is 2.83. The fourth-order valence-electron chi connectivity index (χ4n) is 1.14. The Labute approximate surface area is 89.0 Å². The molecule has 0 aliphatic heterocycles. The van der Waals surface area contributed by atoms with Crippen molar-refractivity contribution in [1.29, 1.82) is 5.41 Å². The highest BCUT2D eigenvalue weighted by atomic mass is 16.1. The van der Waals surface area contributed by atoms with Crippen molar-refractivity contribution in [2.75, 3.05) is 12.3 Å². The maximum atomic E-state index is 11.5. The van der Waals surface area contributed by atoms with Gasteiger partial charge in [-0.2, -0.15) is 0 Å². The Kier molecular flexibility index (Phi) is 4.34. The van der Waals surface area contributed by atoms with Gasteiger partial charge >= 0.3 is 0 Å². The van der Waals surface area contributed by atoms with Crippen LogP contribution in [0, 0.1) is 5.41 Å². The van der Waals surface area contributed by atoms with E-state index >= 15 is 0 Å². The molecule has 4 heteroatoms. The normalized spacial score (nSPS) is 9.60. The molecule has 1 aromatic carbocycles. The molecular weight excluding hydrogens is 190 g/mol. The van der Waals surface area contributed by atoms with Gasteiger partial charge in [0.1, 0.15) is 0 Å². The third kappa shape index (κ3) is 3.81. The number of amides is 1. The summed E-state index contributed by atoms with van der Waals surface area (Å²) in [6, 6.07) is 6.79. The van der Waals surface area contributed by atoms with Crippen LogP contribution in [0.5, 0.6) is 0 Å². The van der Waals surface area contributed by atoms with E-state index in [1.54, 1.807) is 24.3 Å². The number of carbonyl (C=O) groups is 1. The predicted octanol–water partition coefficient (Wildman–Crippen LogP) is 1.43. The Morgan fingerprint density at radius 2 is 2.07 bits per heavy atom. The second-order valence-corrected chi connectivity index (χ2v) is 3.22. The van der Waals surface area contributed by atoms with E-state index in [9.17, 15) is 4.79 Å². The van der Waals surface area contributed by atoms with Crippen LogP contribution in [0.15, 0.2) is 24.3 Å². The SMILES string of the molecule is N=CCCCNC(=O)c1ccc(N)cc1. The van der Waals surface area contributed by atoms with E-state index in [1.165, 1.54) is 6.21 Å². The number of carbonyl (C=O) groups excluding carboxylic acids is 1. The standard InChI is InChI=1S/C11H15N3O/c12-7-1-2-8-14-11(15)9-3-5-10(13)6-4-9/h3-7,12H,1-2,8,13H2,(H,14,15). The maximum Gasteiger partial charge on any atom is 0.251 e. The molecule has 1 amide bonds. The second kappa shape index (κ2) is 5.80. The van der Waals surface area contributed by atoms with Gasteiger partial charge in [-0.25, -0.2) is 0 Å². The zero-order valence-corrected chi connectivity index (χ0v) is 8.49. The van der Waals surface area contributed by atoms with Crippen LogP contribution in [0.2, 0.25) is 0 Å². The Balaban J connectivity index is 2.40. The van der Waals surface area contributed by atoms with Crippen LogP contribution in [0.25, 0.3) is 0 Å². The number of anilines is 1. The molecule has 0 aliphatic carbocycles. The fraction of sp³-hybridized carbons (Fsp3) is 0.273. The molecular formula is C11H15N3O. The van der Waals surface area contributed by atoms with E-state index in [2.05, 4.69) is 5.32 Å². The number of hydrogen-bond donors (Lipinski definition) is 3. The first-order chi connectivity index (χ1) is 7.24. The van der Waals surface area contributed by atoms with Gasteiger partial charge in [-0.15, -0.1) is 0 Å². The number of nitrogens with two attached hydrogens (primary N) is 1. The second-order valence-electron chi connectivity index (χ2n) is 3.22. The molecule has 0 bridgehead atoms. The molecule has 0 atom stereocenters. The van der Waals surface area contributed by atoms with Crippen LogP contribution < -0.4 is 11.1 Å². The lowest BCUT2D eigenvalue weighted by Gasteiger charge is -2.03. The summed E-state index contributed by atoms with van der Waals surface area (Å²) in [5.74, 6) is -0.0972. The van der Waals surface area contributed by atoms with Crippen LogP contribution in [0.3, 0.4) is 0 Å². The Bertz CT molecular complexity index is 332. The monoisotopic (exact) mass is 205 g/mol. The van der Waals surface area contributed by atoms with Crippen molar-refractivity contribution in [1.82, 2.24) is 5.32 Å². The summed E-state index contributed by atoms with van der Waals surface area (Å²) in [6.45, 7) is 0.596. The Hall–Kier alpha value is -1.84. The van der Waals surface area contributed by atoms with Gasteiger partial charge in [0.2, 0.25) is 0 Å². The van der Waals surface area contributed by atoms with Gasteiger partial charge in [-0.1, -0.05) is 0 Å². The van der Waals surface area contributed by atoms with Crippen LogP contribution in [-0.2, 0) is 0 Å². The van der Waals surface area contributed by atoms with Gasteiger partial charge in [0.25, 0.3) is 5.91 Å². The molecule has 0 aliphatic rings. The topological polar surface area (TPSA) is 79.0 Å². The molecule has 0 radical (unpaired) electrons. The maximum absolute atomic E-state index is 11.5. The summed E-state index contributed by atoms with van der Waals surface area (Å²) in [4.78, 5) is 11.5. The zero-order valence-electron chi connectivity index (χ0n) is 8.49. The molecule has 0 spiro atoms. The summed E-state index contributed by atoms with van der Waals surface area (Å²) in [5.41, 5.74) is 6.77. The molecule has 1 rings (SSSR count). The van der Waals surface area contributed by atoms with Gasteiger partial charge in [-0.05, 0) is 43.3 Å². The molecule has 15 heavy (non-hydrogen) atoms. The molecule has 4 N–H and O–H groups in total. The van der Waals surface area contributed by atoms with Crippen LogP contribution in [0.4, 0.5) is 5.69 Å². The molecule has 4 nitrogen and oxygen atoms in total. The molecule has 1 aromatic rings. The first kappa shape index (κ1) is 11.2. The third-order valence-corrected chi connectivity index (χ3v) is 1.98.